The van der Waals surface area contributed by atoms with Crippen molar-refractivity contribution in [2.45, 2.75) is 30.0 Å². The van der Waals surface area contributed by atoms with Crippen LogP contribution in [0.4, 0.5) is 0 Å². The van der Waals surface area contributed by atoms with E-state index in [0.717, 1.165) is 0 Å². The maximum atomic E-state index is 10.8. The molecule has 1 saturated heterocycles. The van der Waals surface area contributed by atoms with E-state index in [-0.39, 0.29) is 6.61 Å². The smallest absolute Gasteiger partial charge is 0.377 e. The van der Waals surface area contributed by atoms with Gasteiger partial charge in [0, 0.05) is 0 Å². The molecule has 0 radical (unpaired) electrons. The standard InChI is InChI=1S/C6H10O6.C6H8O6/c7-1-3(8)6(11)4(9)2-12-5(6)10;7-1-2(8)5-3(9)4(10)6(11)12-5/h3-4,7-9,11H,1-2H2;2,5,7-10H,1H2/t3-,4?,6?;2-,5+/m00/s1. The molecule has 0 aromatic heterocycles. The Morgan fingerprint density at radius 1 is 1.17 bits per heavy atom. The van der Waals surface area contributed by atoms with Gasteiger partial charge in [-0.1, -0.05) is 0 Å². The maximum Gasteiger partial charge on any atom is 0.377 e. The highest BCUT2D eigenvalue weighted by atomic mass is 16.6. The van der Waals surface area contributed by atoms with Crippen LogP contribution in [-0.2, 0) is 19.1 Å². The highest BCUT2D eigenvalue weighted by Crippen LogP contribution is 2.24. The van der Waals surface area contributed by atoms with Crippen molar-refractivity contribution in [2.75, 3.05) is 19.8 Å². The van der Waals surface area contributed by atoms with Crippen LogP contribution in [0.25, 0.3) is 0 Å². The zero-order valence-electron chi connectivity index (χ0n) is 12.1. The van der Waals surface area contributed by atoms with Gasteiger partial charge >= 0.3 is 11.9 Å². The Kier molecular flexibility index (Phi) is 6.48. The number of ether oxygens (including phenoxy) is 2. The molecular formula is C12H18O12. The molecule has 8 N–H and O–H groups in total. The molecule has 0 spiro atoms. The van der Waals surface area contributed by atoms with Crippen LogP contribution in [0.2, 0.25) is 0 Å². The summed E-state index contributed by atoms with van der Waals surface area (Å²) in [6.07, 6.45) is -5.99. The van der Waals surface area contributed by atoms with E-state index in [1.54, 1.807) is 0 Å². The fourth-order valence-corrected chi connectivity index (χ4v) is 1.85. The van der Waals surface area contributed by atoms with Crippen molar-refractivity contribution in [1.29, 1.82) is 0 Å². The van der Waals surface area contributed by atoms with Gasteiger partial charge in [-0.15, -0.1) is 0 Å². The summed E-state index contributed by atoms with van der Waals surface area (Å²) in [6.45, 7) is -1.86. The van der Waals surface area contributed by atoms with Gasteiger partial charge in [0.25, 0.3) is 0 Å². The minimum atomic E-state index is -2.38. The predicted molar refractivity (Wildman–Crippen MR) is 70.3 cm³/mol. The minimum absolute atomic E-state index is 0.369. The summed E-state index contributed by atoms with van der Waals surface area (Å²) in [5.41, 5.74) is -2.38. The Hall–Kier alpha value is -1.96. The van der Waals surface area contributed by atoms with Crippen LogP contribution in [0.3, 0.4) is 0 Å². The van der Waals surface area contributed by atoms with Crippen LogP contribution in [0.1, 0.15) is 0 Å². The first-order valence-electron chi connectivity index (χ1n) is 6.59. The molecule has 0 bridgehead atoms. The van der Waals surface area contributed by atoms with Gasteiger partial charge in [0.15, 0.2) is 11.9 Å². The fraction of sp³-hybridized carbons (Fsp3) is 0.667. The van der Waals surface area contributed by atoms with Crippen LogP contribution in [0.5, 0.6) is 0 Å². The first kappa shape index (κ1) is 20.1. The Balaban J connectivity index is 0.000000240. The first-order chi connectivity index (χ1) is 11.1. The van der Waals surface area contributed by atoms with Crippen molar-refractivity contribution in [3.8, 4) is 0 Å². The average molecular weight is 354 g/mol. The fourth-order valence-electron chi connectivity index (χ4n) is 1.85. The highest BCUT2D eigenvalue weighted by molar-refractivity contribution is 5.89. The summed E-state index contributed by atoms with van der Waals surface area (Å²) < 4.78 is 8.61. The molecular weight excluding hydrogens is 336 g/mol. The number of cyclic esters (lactones) is 2. The molecule has 2 rings (SSSR count). The summed E-state index contributed by atoms with van der Waals surface area (Å²) in [7, 11) is 0. The van der Waals surface area contributed by atoms with Gasteiger partial charge in [-0.05, 0) is 0 Å². The largest absolute Gasteiger partial charge is 0.505 e. The number of esters is 2. The molecule has 0 saturated carbocycles. The molecule has 5 atom stereocenters. The molecule has 2 aliphatic heterocycles. The molecule has 0 aromatic rings. The maximum absolute atomic E-state index is 10.8. The first-order valence-corrected chi connectivity index (χ1v) is 6.59. The lowest BCUT2D eigenvalue weighted by Crippen LogP contribution is -2.55. The van der Waals surface area contributed by atoms with E-state index >= 15 is 0 Å². The Bertz CT molecular complexity index is 516. The molecule has 12 nitrogen and oxygen atoms in total. The molecule has 1 fully saturated rings. The zero-order chi connectivity index (χ0) is 18.7. The second-order valence-corrected chi connectivity index (χ2v) is 4.95. The zero-order valence-corrected chi connectivity index (χ0v) is 12.1. The molecule has 0 amide bonds. The molecule has 0 aromatic carbocycles. The lowest BCUT2D eigenvalue weighted by molar-refractivity contribution is -0.174. The van der Waals surface area contributed by atoms with Crippen LogP contribution in [0, 0.1) is 0 Å². The Morgan fingerprint density at radius 3 is 2.08 bits per heavy atom. The number of hydrogen-bond donors (Lipinski definition) is 8. The third-order valence-corrected chi connectivity index (χ3v) is 3.36. The number of carbonyl (C=O) groups excluding carboxylic acids is 2. The lowest BCUT2D eigenvalue weighted by Gasteiger charge is -2.25. The molecule has 2 unspecified atom stereocenters. The highest BCUT2D eigenvalue weighted by Gasteiger charge is 2.55. The van der Waals surface area contributed by atoms with Crippen LogP contribution in [-0.4, -0.2) is 103 Å². The monoisotopic (exact) mass is 354 g/mol. The number of carbonyl (C=O) groups is 2. The minimum Gasteiger partial charge on any atom is -0.505 e. The number of hydrogen-bond acceptors (Lipinski definition) is 12. The number of aliphatic hydroxyl groups excluding tert-OH is 7. The van der Waals surface area contributed by atoms with Gasteiger partial charge in [0.2, 0.25) is 11.4 Å². The topological polar surface area (TPSA) is 214 Å². The summed E-state index contributed by atoms with van der Waals surface area (Å²) in [5.74, 6) is -3.89. The van der Waals surface area contributed by atoms with E-state index < -0.39 is 66.7 Å². The molecule has 138 valence electrons. The van der Waals surface area contributed by atoms with E-state index in [0.29, 0.717) is 0 Å². The van der Waals surface area contributed by atoms with Crippen LogP contribution >= 0.6 is 0 Å². The summed E-state index contributed by atoms with van der Waals surface area (Å²) in [6, 6.07) is 0. The molecule has 2 heterocycles. The van der Waals surface area contributed by atoms with Crippen LogP contribution in [0.15, 0.2) is 11.5 Å². The number of aliphatic hydroxyl groups is 8. The van der Waals surface area contributed by atoms with E-state index in [1.165, 1.54) is 0 Å². The lowest BCUT2D eigenvalue weighted by atomic mass is 9.93. The number of rotatable bonds is 4. The van der Waals surface area contributed by atoms with Crippen molar-refractivity contribution < 1.29 is 59.9 Å². The van der Waals surface area contributed by atoms with Crippen molar-refractivity contribution in [3.05, 3.63) is 11.5 Å². The molecule has 0 aliphatic carbocycles. The molecule has 24 heavy (non-hydrogen) atoms. The van der Waals surface area contributed by atoms with Gasteiger partial charge in [0.05, 0.1) is 13.2 Å². The van der Waals surface area contributed by atoms with E-state index in [2.05, 4.69) is 9.47 Å². The van der Waals surface area contributed by atoms with Crippen molar-refractivity contribution in [1.82, 2.24) is 0 Å². The predicted octanol–water partition coefficient (Wildman–Crippen LogP) is -4.42. The van der Waals surface area contributed by atoms with Gasteiger partial charge in [-0.25, -0.2) is 9.59 Å². The van der Waals surface area contributed by atoms with Gasteiger partial charge in [0.1, 0.15) is 24.9 Å². The summed E-state index contributed by atoms with van der Waals surface area (Å²) in [4.78, 5) is 21.3. The second kappa shape index (κ2) is 7.74. The second-order valence-electron chi connectivity index (χ2n) is 4.95. The summed E-state index contributed by atoms with van der Waals surface area (Å²) in [5, 5.41) is 70.9. The SMILES string of the molecule is O=C1OCC(O)C1(O)[C@@H](O)CO.O=C1O[C@H]([C@@H](O)CO)C(O)=C1O. The van der Waals surface area contributed by atoms with Gasteiger partial charge in [-0.2, -0.15) is 0 Å². The van der Waals surface area contributed by atoms with E-state index in [4.69, 9.17) is 35.7 Å². The molecule has 2 aliphatic rings. The quantitative estimate of drug-likeness (QED) is 0.224. The van der Waals surface area contributed by atoms with Crippen LogP contribution < -0.4 is 0 Å². The van der Waals surface area contributed by atoms with Gasteiger partial charge in [-0.3, -0.25) is 0 Å². The normalized spacial score (nSPS) is 31.9. The van der Waals surface area contributed by atoms with Crippen molar-refractivity contribution >= 4 is 11.9 Å². The Morgan fingerprint density at radius 2 is 1.75 bits per heavy atom. The third kappa shape index (κ3) is 3.58. The third-order valence-electron chi connectivity index (χ3n) is 3.36. The van der Waals surface area contributed by atoms with E-state index in [1.807, 2.05) is 0 Å². The average Bonchev–Trinajstić information content (AvgIpc) is 2.99. The molecule has 12 heteroatoms. The summed E-state index contributed by atoms with van der Waals surface area (Å²) >= 11 is 0. The van der Waals surface area contributed by atoms with Crippen molar-refractivity contribution in [2.24, 2.45) is 0 Å². The Labute approximate surface area is 134 Å². The van der Waals surface area contributed by atoms with Gasteiger partial charge < -0.3 is 50.3 Å². The van der Waals surface area contributed by atoms with E-state index in [9.17, 15) is 14.7 Å². The van der Waals surface area contributed by atoms with Crippen molar-refractivity contribution in [3.63, 3.8) is 0 Å².